The van der Waals surface area contributed by atoms with Crippen LogP contribution in [0, 0.1) is 12.3 Å². The molecule has 2 aromatic carbocycles. The minimum absolute atomic E-state index is 0. The predicted octanol–water partition coefficient (Wildman–Crippen LogP) is 4.56. The molecule has 14 heteroatoms. The van der Waals surface area contributed by atoms with Crippen LogP contribution in [0.25, 0.3) is 10.4 Å². The molecule has 1 fully saturated rings. The van der Waals surface area contributed by atoms with Crippen LogP contribution in [0.4, 0.5) is 0 Å². The number of likely N-dealkylation sites (tertiary alicyclic amines) is 1. The van der Waals surface area contributed by atoms with Crippen molar-refractivity contribution in [2.75, 3.05) is 6.54 Å². The van der Waals surface area contributed by atoms with Gasteiger partial charge in [-0.1, -0.05) is 69.3 Å². The lowest BCUT2D eigenvalue weighted by molar-refractivity contribution is -0.144. The van der Waals surface area contributed by atoms with E-state index in [2.05, 4.69) is 21.7 Å². The Balaban J connectivity index is 0.00000784. The number of nitrogens with zero attached hydrogens (tertiary/aromatic N) is 2. The summed E-state index contributed by atoms with van der Waals surface area (Å²) < 4.78 is 5.93. The maximum absolute atomic E-state index is 14.0. The number of aromatic nitrogens is 1. The second kappa shape index (κ2) is 20.7. The van der Waals surface area contributed by atoms with E-state index >= 15 is 0 Å². The van der Waals surface area contributed by atoms with Crippen LogP contribution < -0.4 is 22.1 Å². The average Bonchev–Trinajstić information content (AvgIpc) is 3.74. The summed E-state index contributed by atoms with van der Waals surface area (Å²) in [7, 11) is 0. The van der Waals surface area contributed by atoms with Crippen molar-refractivity contribution in [3.8, 4) is 10.4 Å². The lowest BCUT2D eigenvalue weighted by Crippen LogP contribution is -2.57. The third-order valence-electron chi connectivity index (χ3n) is 9.66. The van der Waals surface area contributed by atoms with E-state index in [0.717, 1.165) is 45.7 Å². The average molecular weight is 785 g/mol. The third kappa shape index (κ3) is 13.2. The van der Waals surface area contributed by atoms with Crippen molar-refractivity contribution in [3.05, 3.63) is 76.4 Å². The van der Waals surface area contributed by atoms with Crippen LogP contribution in [0.1, 0.15) is 88.6 Å². The number of carbonyl (C=O) groups is 4. The number of carbonyl (C=O) groups excluding carboxylic acids is 4. The maximum Gasteiger partial charge on any atom is 0.246 e. The Morgan fingerprint density at radius 3 is 2.41 bits per heavy atom. The van der Waals surface area contributed by atoms with Crippen molar-refractivity contribution in [2.24, 2.45) is 16.9 Å². The highest BCUT2D eigenvalue weighted by Crippen LogP contribution is 2.28. The fourth-order valence-electron chi connectivity index (χ4n) is 6.40. The molecule has 54 heavy (non-hydrogen) atoms. The molecule has 5 atom stereocenters. The number of halogens is 1. The zero-order chi connectivity index (χ0) is 38.7. The monoisotopic (exact) mass is 784 g/mol. The molecule has 7 N–H and O–H groups in total. The van der Waals surface area contributed by atoms with Gasteiger partial charge < -0.3 is 36.8 Å². The van der Waals surface area contributed by atoms with Gasteiger partial charge in [-0.3, -0.25) is 19.2 Å². The lowest BCUT2D eigenvalue weighted by atomic mass is 9.85. The Bertz CT molecular complexity index is 1700. The molecule has 4 rings (SSSR count). The van der Waals surface area contributed by atoms with Crippen LogP contribution in [0.5, 0.6) is 0 Å². The summed E-state index contributed by atoms with van der Waals surface area (Å²) in [6.07, 6.45) is 2.17. The number of benzene rings is 2. The van der Waals surface area contributed by atoms with E-state index in [0.29, 0.717) is 19.4 Å². The maximum atomic E-state index is 14.0. The fourth-order valence-corrected chi connectivity index (χ4v) is 7.21. The molecule has 1 aliphatic rings. The third-order valence-corrected chi connectivity index (χ3v) is 10.6. The van der Waals surface area contributed by atoms with E-state index in [1.807, 2.05) is 82.6 Å². The topological polar surface area (TPSA) is 190 Å². The van der Waals surface area contributed by atoms with Gasteiger partial charge in [0.05, 0.1) is 34.9 Å². The van der Waals surface area contributed by atoms with E-state index in [4.69, 9.17) is 16.2 Å². The fraction of sp³-hybridized carbons (Fsp3) is 0.525. The Labute approximate surface area is 329 Å². The number of primary amides is 1. The van der Waals surface area contributed by atoms with Gasteiger partial charge in [-0.15, -0.1) is 23.7 Å². The van der Waals surface area contributed by atoms with Gasteiger partial charge in [0, 0.05) is 38.4 Å². The van der Waals surface area contributed by atoms with Gasteiger partial charge in [0.15, 0.2) is 0 Å². The number of nitrogens with one attached hydrogen (secondary N) is 2. The highest BCUT2D eigenvalue weighted by atomic mass is 35.5. The molecule has 0 aliphatic carbocycles. The van der Waals surface area contributed by atoms with E-state index in [1.54, 1.807) is 11.3 Å². The van der Waals surface area contributed by atoms with E-state index < -0.39 is 23.6 Å². The van der Waals surface area contributed by atoms with E-state index in [9.17, 15) is 24.3 Å². The molecule has 12 nitrogen and oxygen atoms in total. The van der Waals surface area contributed by atoms with Crippen LogP contribution in [0.3, 0.4) is 0 Å². The van der Waals surface area contributed by atoms with E-state index in [-0.39, 0.29) is 80.5 Å². The molecule has 2 heterocycles. The van der Waals surface area contributed by atoms with Gasteiger partial charge in [0.1, 0.15) is 12.1 Å². The number of nitrogens with two attached hydrogens (primary N) is 2. The molecule has 4 amide bonds. The molecular weight excluding hydrogens is 728 g/mol. The summed E-state index contributed by atoms with van der Waals surface area (Å²) in [6, 6.07) is 14.0. The molecule has 1 aromatic heterocycles. The first-order valence-electron chi connectivity index (χ1n) is 18.4. The zero-order valence-electron chi connectivity index (χ0n) is 32.0. The van der Waals surface area contributed by atoms with Crippen molar-refractivity contribution in [1.82, 2.24) is 20.5 Å². The Hall–Kier alpha value is -3.88. The van der Waals surface area contributed by atoms with Gasteiger partial charge in [-0.2, -0.15) is 0 Å². The number of hydrogen-bond acceptors (Lipinski definition) is 9. The molecule has 0 unspecified atom stereocenters. The largest absolute Gasteiger partial charge is 0.391 e. The number of ether oxygens (including phenoxy) is 1. The number of rotatable bonds is 18. The van der Waals surface area contributed by atoms with Crippen molar-refractivity contribution in [1.29, 1.82) is 0 Å². The summed E-state index contributed by atoms with van der Waals surface area (Å²) in [5.41, 5.74) is 17.6. The van der Waals surface area contributed by atoms with Crippen LogP contribution in [0.2, 0.25) is 0 Å². The summed E-state index contributed by atoms with van der Waals surface area (Å²) >= 11 is 1.58. The lowest BCUT2D eigenvalue weighted by Gasteiger charge is -2.35. The van der Waals surface area contributed by atoms with Crippen molar-refractivity contribution in [3.63, 3.8) is 0 Å². The van der Waals surface area contributed by atoms with Crippen LogP contribution in [-0.2, 0) is 43.5 Å². The standard InChI is InChI=1S/C40H56N6O6S.ClH/c1-25-36(53-24-44-25)30-15-13-28(14-16-30)21-43-38(50)33-20-31(47)22-46(33)39(51)37(40(3,4)5)45-35(49)12-7-6-9-27-10-8-11-29(19-27)23-52-26(2)32(41)17-18-34(42)48;/h8,10-11,13-16,19,24,26,31-33,37,47H,6-7,9,12,17-18,20-23,41H2,1-5H3,(H2,42,48)(H,43,50)(H,45,49);1H/t26-,31-,32+,33+,37-;/m1./s1. The smallest absolute Gasteiger partial charge is 0.246 e. The normalized spacial score (nSPS) is 17.3. The number of β-amino-alcohol motifs (C(OH)–C–C–N with tert-alkyl or cyclic N) is 1. The summed E-state index contributed by atoms with van der Waals surface area (Å²) in [4.78, 5) is 58.4. The molecule has 296 valence electrons. The summed E-state index contributed by atoms with van der Waals surface area (Å²) in [5, 5.41) is 16.4. The summed E-state index contributed by atoms with van der Waals surface area (Å²) in [5.74, 6) is -1.34. The number of amides is 4. The van der Waals surface area contributed by atoms with Gasteiger partial charge in [0.25, 0.3) is 0 Å². The minimum atomic E-state index is -0.874. The second-order valence-corrected chi connectivity index (χ2v) is 16.0. The Kier molecular flexibility index (Phi) is 17.1. The minimum Gasteiger partial charge on any atom is -0.391 e. The molecule has 0 saturated carbocycles. The van der Waals surface area contributed by atoms with Gasteiger partial charge in [-0.05, 0) is 67.2 Å². The van der Waals surface area contributed by atoms with E-state index in [1.165, 1.54) is 4.90 Å². The first-order chi connectivity index (χ1) is 25.1. The predicted molar refractivity (Wildman–Crippen MR) is 214 cm³/mol. The van der Waals surface area contributed by atoms with Crippen LogP contribution in [0.15, 0.2) is 54.0 Å². The number of aliphatic hydroxyl groups excluding tert-OH is 1. The second-order valence-electron chi connectivity index (χ2n) is 15.2. The van der Waals surface area contributed by atoms with Gasteiger partial charge in [0.2, 0.25) is 23.6 Å². The molecule has 3 aromatic rings. The van der Waals surface area contributed by atoms with Crippen LogP contribution >= 0.6 is 23.7 Å². The molecule has 0 radical (unpaired) electrons. The molecule has 0 spiro atoms. The van der Waals surface area contributed by atoms with Crippen molar-refractivity contribution >= 4 is 47.4 Å². The first kappa shape index (κ1) is 44.5. The SMILES string of the molecule is Cc1ncsc1-c1ccc(CNC(=O)[C@@H]2C[C@@H](O)CN2C(=O)[C@@H](NC(=O)CCCCc2cccc(CO[C@H](C)[C@@H](N)CCC(N)=O)c2)C(C)(C)C)cc1.Cl. The number of thiazole rings is 1. The number of hydrogen-bond donors (Lipinski definition) is 5. The van der Waals surface area contributed by atoms with Gasteiger partial charge in [-0.25, -0.2) is 4.98 Å². The number of aliphatic hydroxyl groups is 1. The van der Waals surface area contributed by atoms with Crippen molar-refractivity contribution in [2.45, 2.75) is 123 Å². The molecule has 0 bridgehead atoms. The Morgan fingerprint density at radius 2 is 1.76 bits per heavy atom. The van der Waals surface area contributed by atoms with Gasteiger partial charge >= 0.3 is 0 Å². The van der Waals surface area contributed by atoms with Crippen LogP contribution in [-0.4, -0.2) is 75.5 Å². The molecule has 1 aliphatic heterocycles. The van der Waals surface area contributed by atoms with Crippen molar-refractivity contribution < 1.29 is 29.0 Å². The molecular formula is C40H57ClN6O6S. The first-order valence-corrected chi connectivity index (χ1v) is 19.3. The quantitative estimate of drug-likeness (QED) is 0.116. The Morgan fingerprint density at radius 1 is 1.06 bits per heavy atom. The number of aryl methyl sites for hydroxylation is 2. The highest BCUT2D eigenvalue weighted by Gasteiger charge is 2.44. The zero-order valence-corrected chi connectivity index (χ0v) is 33.6. The highest BCUT2D eigenvalue weighted by molar-refractivity contribution is 7.13. The number of unbranched alkanes of at least 4 members (excludes halogenated alkanes) is 1. The molecule has 1 saturated heterocycles. The summed E-state index contributed by atoms with van der Waals surface area (Å²) in [6.45, 7) is 10.2.